The van der Waals surface area contributed by atoms with Crippen LogP contribution in [0.5, 0.6) is 0 Å². The van der Waals surface area contributed by atoms with E-state index in [0.717, 1.165) is 33.4 Å². The maximum Gasteiger partial charge on any atom is 0.251 e. The summed E-state index contributed by atoms with van der Waals surface area (Å²) in [7, 11) is 1.67. The summed E-state index contributed by atoms with van der Waals surface area (Å²) in [6.45, 7) is 4.23. The highest BCUT2D eigenvalue weighted by molar-refractivity contribution is 7.99. The lowest BCUT2D eigenvalue weighted by Crippen LogP contribution is -2.27. The Bertz CT molecular complexity index is 1220. The number of methoxy groups -OCH3 is 1. The van der Waals surface area contributed by atoms with Crippen LogP contribution >= 0.6 is 11.8 Å². The molecule has 9 heteroatoms. The second-order valence-corrected chi connectivity index (χ2v) is 8.33. The minimum atomic E-state index is -0.1000. The van der Waals surface area contributed by atoms with Crippen LogP contribution in [0.1, 0.15) is 17.3 Å². The van der Waals surface area contributed by atoms with E-state index in [1.807, 2.05) is 47.1 Å². The number of nitrogens with one attached hydrogen (secondary N) is 2. The Morgan fingerprint density at radius 2 is 1.94 bits per heavy atom. The molecule has 0 aliphatic heterocycles. The van der Waals surface area contributed by atoms with Gasteiger partial charge in [-0.05, 0) is 22.6 Å². The van der Waals surface area contributed by atoms with Crippen LogP contribution in [0.4, 0.5) is 5.82 Å². The van der Waals surface area contributed by atoms with Gasteiger partial charge in [0.05, 0.1) is 24.7 Å². The molecular formula is C23H26N6O2S. The number of anilines is 1. The summed E-state index contributed by atoms with van der Waals surface area (Å²) in [5.74, 6) is 1.52. The third kappa shape index (κ3) is 4.84. The Labute approximate surface area is 190 Å². The number of nitrogens with zero attached hydrogens (tertiary/aromatic N) is 4. The zero-order valence-corrected chi connectivity index (χ0v) is 19.0. The second-order valence-electron chi connectivity index (χ2n) is 7.09. The van der Waals surface area contributed by atoms with Gasteiger partial charge in [-0.15, -0.1) is 0 Å². The summed E-state index contributed by atoms with van der Waals surface area (Å²) in [4.78, 5) is 22.1. The lowest BCUT2D eigenvalue weighted by atomic mass is 10.0. The first kappa shape index (κ1) is 22.0. The molecule has 0 fully saturated rings. The number of rotatable bonds is 10. The quantitative estimate of drug-likeness (QED) is 0.217. The van der Waals surface area contributed by atoms with Crippen molar-refractivity contribution >= 4 is 45.3 Å². The first-order valence-corrected chi connectivity index (χ1v) is 11.5. The van der Waals surface area contributed by atoms with Crippen LogP contribution in [0.15, 0.2) is 53.8 Å². The van der Waals surface area contributed by atoms with E-state index >= 15 is 0 Å². The topological polar surface area (TPSA) is 94.0 Å². The number of benzene rings is 2. The van der Waals surface area contributed by atoms with Crippen LogP contribution in [0, 0.1) is 0 Å². The van der Waals surface area contributed by atoms with Crippen molar-refractivity contribution in [3.05, 3.63) is 54.2 Å². The molecule has 0 saturated carbocycles. The molecule has 4 aromatic rings. The Balaban J connectivity index is 1.49. The van der Waals surface area contributed by atoms with E-state index in [2.05, 4.69) is 32.6 Å². The van der Waals surface area contributed by atoms with Crippen molar-refractivity contribution in [2.24, 2.45) is 0 Å². The van der Waals surface area contributed by atoms with Gasteiger partial charge in [-0.3, -0.25) is 4.79 Å². The highest BCUT2D eigenvalue weighted by atomic mass is 32.2. The molecular weight excluding hydrogens is 424 g/mol. The fourth-order valence-corrected chi connectivity index (χ4v) is 4.06. The van der Waals surface area contributed by atoms with Crippen LogP contribution in [0.2, 0.25) is 0 Å². The van der Waals surface area contributed by atoms with Gasteiger partial charge in [0, 0.05) is 25.8 Å². The molecule has 2 aromatic heterocycles. The molecule has 0 saturated heterocycles. The molecule has 2 heterocycles. The Kier molecular flexibility index (Phi) is 7.18. The van der Waals surface area contributed by atoms with Crippen molar-refractivity contribution in [2.45, 2.75) is 18.6 Å². The predicted molar refractivity (Wildman–Crippen MR) is 128 cm³/mol. The fraction of sp³-hybridized carbons (Fsp3) is 0.304. The second kappa shape index (κ2) is 10.4. The van der Waals surface area contributed by atoms with E-state index in [0.29, 0.717) is 37.0 Å². The van der Waals surface area contributed by atoms with Gasteiger partial charge in [0.15, 0.2) is 10.8 Å². The molecule has 8 nitrogen and oxygen atoms in total. The highest BCUT2D eigenvalue weighted by Crippen LogP contribution is 2.24. The maximum atomic E-state index is 12.8. The highest BCUT2D eigenvalue weighted by Gasteiger charge is 2.14. The number of hydrogen-bond acceptors (Lipinski definition) is 7. The number of carbonyl (C=O) groups excluding carboxylic acids is 1. The van der Waals surface area contributed by atoms with Gasteiger partial charge < -0.3 is 15.4 Å². The summed E-state index contributed by atoms with van der Waals surface area (Å²) < 4.78 is 6.93. The number of amides is 1. The summed E-state index contributed by atoms with van der Waals surface area (Å²) in [5.41, 5.74) is 1.41. The largest absolute Gasteiger partial charge is 0.383 e. The zero-order chi connectivity index (χ0) is 22.3. The van der Waals surface area contributed by atoms with Crippen LogP contribution in [0.3, 0.4) is 0 Å². The number of ether oxygens (including phenoxy) is 1. The minimum Gasteiger partial charge on any atom is -0.383 e. The van der Waals surface area contributed by atoms with Gasteiger partial charge in [-0.2, -0.15) is 5.10 Å². The van der Waals surface area contributed by atoms with Gasteiger partial charge in [-0.1, -0.05) is 55.1 Å². The summed E-state index contributed by atoms with van der Waals surface area (Å²) in [5, 5.41) is 14.3. The van der Waals surface area contributed by atoms with E-state index in [1.165, 1.54) is 0 Å². The SMILES string of the molecule is CCSc1nc(NCCOC)c2cnn(CCNC(=O)c3cccc4ccccc34)c2n1. The van der Waals surface area contributed by atoms with Crippen molar-refractivity contribution in [3.63, 3.8) is 0 Å². The number of aromatic nitrogens is 4. The van der Waals surface area contributed by atoms with Crippen molar-refractivity contribution in [1.29, 1.82) is 0 Å². The van der Waals surface area contributed by atoms with E-state index < -0.39 is 0 Å². The smallest absolute Gasteiger partial charge is 0.251 e. The molecule has 0 bridgehead atoms. The predicted octanol–water partition coefficient (Wildman–Crippen LogP) is 3.58. The third-order valence-corrected chi connectivity index (χ3v) is 5.72. The Hall–Kier alpha value is -3.17. The van der Waals surface area contributed by atoms with Crippen molar-refractivity contribution in [3.8, 4) is 0 Å². The van der Waals surface area contributed by atoms with Crippen molar-refractivity contribution in [1.82, 2.24) is 25.1 Å². The number of fused-ring (bicyclic) bond motifs is 2. The van der Waals surface area contributed by atoms with Gasteiger partial charge in [0.2, 0.25) is 0 Å². The molecule has 4 rings (SSSR count). The first-order valence-electron chi connectivity index (χ1n) is 10.6. The molecule has 2 N–H and O–H groups in total. The van der Waals surface area contributed by atoms with E-state index in [9.17, 15) is 4.79 Å². The van der Waals surface area contributed by atoms with Crippen molar-refractivity contribution < 1.29 is 9.53 Å². The van der Waals surface area contributed by atoms with Crippen LogP contribution in [-0.4, -0.2) is 58.2 Å². The molecule has 0 spiro atoms. The van der Waals surface area contributed by atoms with Gasteiger partial charge >= 0.3 is 0 Å². The first-order chi connectivity index (χ1) is 15.7. The van der Waals surface area contributed by atoms with Crippen LogP contribution in [-0.2, 0) is 11.3 Å². The Morgan fingerprint density at radius 3 is 2.78 bits per heavy atom. The monoisotopic (exact) mass is 450 g/mol. The van der Waals surface area contributed by atoms with Gasteiger partial charge in [0.25, 0.3) is 5.91 Å². The molecule has 0 radical (unpaired) electrons. The molecule has 0 atom stereocenters. The number of hydrogen-bond donors (Lipinski definition) is 2. The minimum absolute atomic E-state index is 0.1000. The van der Waals surface area contributed by atoms with Gasteiger partial charge in [0.1, 0.15) is 5.82 Å². The van der Waals surface area contributed by atoms with E-state index in [-0.39, 0.29) is 5.91 Å². The average Bonchev–Trinajstić information content (AvgIpc) is 3.22. The summed E-state index contributed by atoms with van der Waals surface area (Å²) in [6.07, 6.45) is 1.76. The normalized spacial score (nSPS) is 11.2. The Morgan fingerprint density at radius 1 is 1.09 bits per heavy atom. The number of carbonyl (C=O) groups is 1. The molecule has 0 aliphatic carbocycles. The standard InChI is InChI=1S/C23H26N6O2S/c1-3-32-23-27-20(24-12-14-31-2)19-15-26-29(21(19)28-23)13-11-25-22(30)18-10-6-8-16-7-4-5-9-17(16)18/h4-10,15H,3,11-14H2,1-2H3,(H,25,30)(H,24,27,28). The van der Waals surface area contributed by atoms with Crippen LogP contribution < -0.4 is 10.6 Å². The maximum absolute atomic E-state index is 12.8. The molecule has 166 valence electrons. The molecule has 32 heavy (non-hydrogen) atoms. The zero-order valence-electron chi connectivity index (χ0n) is 18.2. The third-order valence-electron chi connectivity index (χ3n) is 4.99. The summed E-state index contributed by atoms with van der Waals surface area (Å²) in [6, 6.07) is 13.6. The summed E-state index contributed by atoms with van der Waals surface area (Å²) >= 11 is 1.58. The lowest BCUT2D eigenvalue weighted by molar-refractivity contribution is 0.0953. The molecule has 0 aliphatic rings. The number of thioether (sulfide) groups is 1. The average molecular weight is 451 g/mol. The van der Waals surface area contributed by atoms with E-state index in [1.54, 1.807) is 25.1 Å². The molecule has 1 amide bonds. The van der Waals surface area contributed by atoms with Gasteiger partial charge in [-0.25, -0.2) is 14.6 Å². The lowest BCUT2D eigenvalue weighted by Gasteiger charge is -2.10. The van der Waals surface area contributed by atoms with Crippen molar-refractivity contribution in [2.75, 3.05) is 37.9 Å². The molecule has 2 aromatic carbocycles. The fourth-order valence-electron chi connectivity index (χ4n) is 3.49. The van der Waals surface area contributed by atoms with Crippen LogP contribution in [0.25, 0.3) is 21.8 Å². The van der Waals surface area contributed by atoms with E-state index in [4.69, 9.17) is 4.74 Å². The molecule has 0 unspecified atom stereocenters.